The molecule has 1 aromatic rings. The molecule has 2 N–H and O–H groups in total. The minimum absolute atomic E-state index is 0.773. The van der Waals surface area contributed by atoms with E-state index in [2.05, 4.69) is 18.0 Å². The van der Waals surface area contributed by atoms with Gasteiger partial charge < -0.3 is 10.6 Å². The highest BCUT2D eigenvalue weighted by molar-refractivity contribution is 7.16. The van der Waals surface area contributed by atoms with E-state index in [1.165, 1.54) is 4.88 Å². The Kier molecular flexibility index (Phi) is 5.48. The van der Waals surface area contributed by atoms with E-state index in [1.54, 1.807) is 11.3 Å². The quantitative estimate of drug-likeness (QED) is 0.815. The van der Waals surface area contributed by atoms with E-state index in [4.69, 9.17) is 17.3 Å². The van der Waals surface area contributed by atoms with E-state index >= 15 is 0 Å². The highest BCUT2D eigenvalue weighted by atomic mass is 35.5. The zero-order valence-electron chi connectivity index (χ0n) is 8.50. The van der Waals surface area contributed by atoms with Crippen LogP contribution in [0.3, 0.4) is 0 Å². The summed E-state index contributed by atoms with van der Waals surface area (Å²) in [6.07, 6.45) is 2.15. The van der Waals surface area contributed by atoms with E-state index in [0.717, 1.165) is 36.8 Å². The number of hydrogen-bond acceptors (Lipinski definition) is 3. The first-order chi connectivity index (χ1) is 6.72. The minimum atomic E-state index is 0.773. The molecule has 0 radical (unpaired) electrons. The standard InChI is InChI=1S/C10H17ClN2S/c1-13(7-2-6-12)8-5-9-3-4-10(11)14-9/h3-4H,2,5-8,12H2,1H3. The average Bonchev–Trinajstić information content (AvgIpc) is 2.58. The molecule has 0 unspecified atom stereocenters. The number of hydrogen-bond donors (Lipinski definition) is 1. The van der Waals surface area contributed by atoms with Gasteiger partial charge in [0, 0.05) is 11.4 Å². The maximum atomic E-state index is 5.85. The second-order valence-corrected chi connectivity index (χ2v) is 5.20. The van der Waals surface area contributed by atoms with Crippen molar-refractivity contribution in [1.82, 2.24) is 4.90 Å². The summed E-state index contributed by atoms with van der Waals surface area (Å²) < 4.78 is 0.879. The predicted molar refractivity (Wildman–Crippen MR) is 64.2 cm³/mol. The van der Waals surface area contributed by atoms with Crippen LogP contribution in [0.25, 0.3) is 0 Å². The van der Waals surface area contributed by atoms with Gasteiger partial charge in [0.1, 0.15) is 0 Å². The van der Waals surface area contributed by atoms with E-state index in [9.17, 15) is 0 Å². The van der Waals surface area contributed by atoms with Crippen LogP contribution in [0, 0.1) is 0 Å². The van der Waals surface area contributed by atoms with Crippen LogP contribution in [0.15, 0.2) is 12.1 Å². The van der Waals surface area contributed by atoms with Crippen LogP contribution >= 0.6 is 22.9 Å². The molecule has 0 saturated carbocycles. The lowest BCUT2D eigenvalue weighted by Gasteiger charge is -2.14. The van der Waals surface area contributed by atoms with Gasteiger partial charge in [-0.05, 0) is 45.1 Å². The Hall–Kier alpha value is -0.0900. The summed E-state index contributed by atoms with van der Waals surface area (Å²) in [6.45, 7) is 2.93. The summed E-state index contributed by atoms with van der Waals surface area (Å²) in [6, 6.07) is 4.06. The third-order valence-corrected chi connectivity index (χ3v) is 3.40. The van der Waals surface area contributed by atoms with Crippen LogP contribution in [0.1, 0.15) is 11.3 Å². The van der Waals surface area contributed by atoms with Crippen LogP contribution in [0.5, 0.6) is 0 Å². The summed E-state index contributed by atoms with van der Waals surface area (Å²) in [7, 11) is 2.13. The molecule has 0 spiro atoms. The fourth-order valence-corrected chi connectivity index (χ4v) is 2.34. The topological polar surface area (TPSA) is 29.3 Å². The zero-order chi connectivity index (χ0) is 10.4. The molecule has 0 bridgehead atoms. The molecular weight excluding hydrogens is 216 g/mol. The summed E-state index contributed by atoms with van der Waals surface area (Å²) in [5.74, 6) is 0. The Morgan fingerprint density at radius 3 is 2.79 bits per heavy atom. The summed E-state index contributed by atoms with van der Waals surface area (Å²) >= 11 is 7.52. The molecule has 1 aromatic heterocycles. The molecular formula is C10H17ClN2S. The van der Waals surface area contributed by atoms with Gasteiger partial charge in [0.15, 0.2) is 0 Å². The summed E-state index contributed by atoms with van der Waals surface area (Å²) in [5.41, 5.74) is 5.45. The van der Waals surface area contributed by atoms with Crippen molar-refractivity contribution in [3.8, 4) is 0 Å². The molecule has 80 valence electrons. The van der Waals surface area contributed by atoms with Crippen molar-refractivity contribution in [2.75, 3.05) is 26.7 Å². The van der Waals surface area contributed by atoms with Crippen LogP contribution in [0.2, 0.25) is 4.34 Å². The Balaban J connectivity index is 2.20. The maximum Gasteiger partial charge on any atom is 0.0931 e. The van der Waals surface area contributed by atoms with Gasteiger partial charge in [-0.25, -0.2) is 0 Å². The lowest BCUT2D eigenvalue weighted by atomic mass is 10.3. The average molecular weight is 233 g/mol. The van der Waals surface area contributed by atoms with Crippen LogP contribution in [-0.4, -0.2) is 31.6 Å². The number of rotatable bonds is 6. The molecule has 1 heterocycles. The lowest BCUT2D eigenvalue weighted by molar-refractivity contribution is 0.336. The largest absolute Gasteiger partial charge is 0.330 e. The summed E-state index contributed by atoms with van der Waals surface area (Å²) in [5, 5.41) is 0. The zero-order valence-corrected chi connectivity index (χ0v) is 10.1. The van der Waals surface area contributed by atoms with Crippen molar-refractivity contribution in [2.24, 2.45) is 5.73 Å². The van der Waals surface area contributed by atoms with Crippen LogP contribution in [-0.2, 0) is 6.42 Å². The molecule has 4 heteroatoms. The van der Waals surface area contributed by atoms with Gasteiger partial charge in [-0.1, -0.05) is 11.6 Å². The monoisotopic (exact) mass is 232 g/mol. The number of nitrogens with two attached hydrogens (primary N) is 1. The van der Waals surface area contributed by atoms with E-state index in [0.29, 0.717) is 0 Å². The van der Waals surface area contributed by atoms with E-state index < -0.39 is 0 Å². The molecule has 0 aromatic carbocycles. The first kappa shape index (κ1) is 12.0. The first-order valence-corrected chi connectivity index (χ1v) is 6.04. The Bertz CT molecular complexity index is 262. The van der Waals surface area contributed by atoms with Crippen molar-refractivity contribution in [2.45, 2.75) is 12.8 Å². The Morgan fingerprint density at radius 1 is 1.43 bits per heavy atom. The first-order valence-electron chi connectivity index (χ1n) is 4.85. The molecule has 0 fully saturated rings. The van der Waals surface area contributed by atoms with Gasteiger partial charge in [-0.15, -0.1) is 11.3 Å². The third kappa shape index (κ3) is 4.42. The van der Waals surface area contributed by atoms with Gasteiger partial charge in [0.2, 0.25) is 0 Å². The van der Waals surface area contributed by atoms with Crippen molar-refractivity contribution in [1.29, 1.82) is 0 Å². The number of likely N-dealkylation sites (N-methyl/N-ethyl adjacent to an activating group) is 1. The Morgan fingerprint density at radius 2 is 2.21 bits per heavy atom. The van der Waals surface area contributed by atoms with Gasteiger partial charge in [0.25, 0.3) is 0 Å². The van der Waals surface area contributed by atoms with Gasteiger partial charge in [0.05, 0.1) is 4.34 Å². The van der Waals surface area contributed by atoms with Crippen molar-refractivity contribution in [3.63, 3.8) is 0 Å². The maximum absolute atomic E-state index is 5.85. The normalized spacial score (nSPS) is 11.1. The molecule has 2 nitrogen and oxygen atoms in total. The van der Waals surface area contributed by atoms with Crippen molar-refractivity contribution >= 4 is 22.9 Å². The third-order valence-electron chi connectivity index (χ3n) is 2.11. The van der Waals surface area contributed by atoms with Crippen molar-refractivity contribution < 1.29 is 0 Å². The predicted octanol–water partition coefficient (Wildman–Crippen LogP) is 2.22. The second-order valence-electron chi connectivity index (χ2n) is 3.40. The van der Waals surface area contributed by atoms with Crippen molar-refractivity contribution in [3.05, 3.63) is 21.3 Å². The number of halogens is 1. The van der Waals surface area contributed by atoms with Gasteiger partial charge in [-0.3, -0.25) is 0 Å². The molecule has 1 rings (SSSR count). The Labute approximate surface area is 94.7 Å². The lowest BCUT2D eigenvalue weighted by Crippen LogP contribution is -2.23. The highest BCUT2D eigenvalue weighted by Gasteiger charge is 2.01. The number of thiophene rings is 1. The fraction of sp³-hybridized carbons (Fsp3) is 0.600. The van der Waals surface area contributed by atoms with E-state index in [1.807, 2.05) is 6.07 Å². The second kappa shape index (κ2) is 6.40. The fourth-order valence-electron chi connectivity index (χ4n) is 1.26. The molecule has 0 aliphatic carbocycles. The molecule has 0 aliphatic rings. The molecule has 14 heavy (non-hydrogen) atoms. The minimum Gasteiger partial charge on any atom is -0.330 e. The molecule has 0 amide bonds. The SMILES string of the molecule is CN(CCCN)CCc1ccc(Cl)s1. The van der Waals surface area contributed by atoms with Gasteiger partial charge >= 0.3 is 0 Å². The van der Waals surface area contributed by atoms with E-state index in [-0.39, 0.29) is 0 Å². The van der Waals surface area contributed by atoms with Gasteiger partial charge in [-0.2, -0.15) is 0 Å². The molecule has 0 atom stereocenters. The molecule has 0 aliphatic heterocycles. The molecule has 0 saturated heterocycles. The summed E-state index contributed by atoms with van der Waals surface area (Å²) in [4.78, 5) is 3.66. The number of nitrogens with zero attached hydrogens (tertiary/aromatic N) is 1. The highest BCUT2D eigenvalue weighted by Crippen LogP contribution is 2.21. The van der Waals surface area contributed by atoms with Crippen LogP contribution in [0.4, 0.5) is 0 Å². The smallest absolute Gasteiger partial charge is 0.0931 e. The van der Waals surface area contributed by atoms with Crippen LogP contribution < -0.4 is 5.73 Å².